The van der Waals surface area contributed by atoms with Crippen LogP contribution in [-0.2, 0) is 0 Å². The van der Waals surface area contributed by atoms with Crippen molar-refractivity contribution in [2.45, 2.75) is 19.9 Å². The Hall–Kier alpha value is -2.40. The van der Waals surface area contributed by atoms with Crippen molar-refractivity contribution in [1.82, 2.24) is 14.5 Å². The zero-order valence-electron chi connectivity index (χ0n) is 12.2. The number of fused-ring (bicyclic) bond motifs is 1. The predicted molar refractivity (Wildman–Crippen MR) is 88.9 cm³/mol. The summed E-state index contributed by atoms with van der Waals surface area (Å²) >= 11 is 5.98. The van der Waals surface area contributed by atoms with Gasteiger partial charge in [-0.1, -0.05) is 17.7 Å². The smallest absolute Gasteiger partial charge is 0.294 e. The van der Waals surface area contributed by atoms with E-state index in [4.69, 9.17) is 11.6 Å². The second kappa shape index (κ2) is 5.77. The quantitative estimate of drug-likeness (QED) is 0.799. The van der Waals surface area contributed by atoms with Crippen molar-refractivity contribution in [2.75, 3.05) is 5.32 Å². The molecule has 0 spiro atoms. The van der Waals surface area contributed by atoms with E-state index in [1.165, 1.54) is 0 Å². The van der Waals surface area contributed by atoms with Crippen molar-refractivity contribution in [1.29, 1.82) is 0 Å². The summed E-state index contributed by atoms with van der Waals surface area (Å²) in [6, 6.07) is 8.97. The third kappa shape index (κ3) is 2.67. The fraction of sp³-hybridized carbons (Fsp3) is 0.188. The molecule has 22 heavy (non-hydrogen) atoms. The normalized spacial score (nSPS) is 11.1. The maximum Gasteiger partial charge on any atom is 0.294 e. The lowest BCUT2D eigenvalue weighted by molar-refractivity contribution is 0.598. The lowest BCUT2D eigenvalue weighted by Gasteiger charge is -2.15. The van der Waals surface area contributed by atoms with E-state index < -0.39 is 0 Å². The van der Waals surface area contributed by atoms with Crippen LogP contribution in [0.15, 0.2) is 47.5 Å². The number of nitrogens with one attached hydrogen (secondary N) is 1. The van der Waals surface area contributed by atoms with Crippen LogP contribution in [0.1, 0.15) is 19.9 Å². The molecule has 0 radical (unpaired) electrons. The minimum absolute atomic E-state index is 0.00195. The fourth-order valence-electron chi connectivity index (χ4n) is 2.35. The zero-order chi connectivity index (χ0) is 15.7. The third-order valence-corrected chi connectivity index (χ3v) is 3.53. The van der Waals surface area contributed by atoms with E-state index in [0.717, 1.165) is 11.2 Å². The molecule has 6 heteroatoms. The molecule has 0 fully saturated rings. The van der Waals surface area contributed by atoms with E-state index in [9.17, 15) is 4.79 Å². The number of nitrogens with zero attached hydrogens (tertiary/aromatic N) is 3. The summed E-state index contributed by atoms with van der Waals surface area (Å²) in [5.41, 5.74) is 1.98. The number of halogens is 1. The maximum atomic E-state index is 12.7. The SMILES string of the molecule is CC(C)n1c(=O)c(Nc2cccc(Cl)c2)nc2ccncc21. The van der Waals surface area contributed by atoms with Gasteiger partial charge in [0.05, 0.1) is 17.2 Å². The molecule has 0 atom stereocenters. The number of pyridine rings is 1. The maximum absolute atomic E-state index is 12.7. The van der Waals surface area contributed by atoms with Gasteiger partial charge in [0.15, 0.2) is 5.82 Å². The van der Waals surface area contributed by atoms with Crippen LogP contribution in [0.4, 0.5) is 11.5 Å². The molecule has 5 nitrogen and oxygen atoms in total. The summed E-state index contributed by atoms with van der Waals surface area (Å²) < 4.78 is 1.68. The molecule has 0 saturated heterocycles. The van der Waals surface area contributed by atoms with Gasteiger partial charge in [-0.15, -0.1) is 0 Å². The zero-order valence-corrected chi connectivity index (χ0v) is 13.0. The standard InChI is InChI=1S/C16H15ClN4O/c1-10(2)21-14-9-18-7-6-13(14)20-15(16(21)22)19-12-5-3-4-11(17)8-12/h3-10H,1-2H3,(H,19,20). The van der Waals surface area contributed by atoms with Crippen LogP contribution in [0.25, 0.3) is 11.0 Å². The summed E-state index contributed by atoms with van der Waals surface area (Å²) in [5.74, 6) is 0.273. The van der Waals surface area contributed by atoms with Gasteiger partial charge in [0.2, 0.25) is 0 Å². The summed E-state index contributed by atoms with van der Waals surface area (Å²) in [5, 5.41) is 3.65. The van der Waals surface area contributed by atoms with Gasteiger partial charge in [-0.2, -0.15) is 0 Å². The average Bonchev–Trinajstić information content (AvgIpc) is 2.47. The number of hydrogen-bond donors (Lipinski definition) is 1. The molecular formula is C16H15ClN4O. The monoisotopic (exact) mass is 314 g/mol. The summed E-state index contributed by atoms with van der Waals surface area (Å²) in [6.45, 7) is 3.91. The highest BCUT2D eigenvalue weighted by Crippen LogP contribution is 2.20. The largest absolute Gasteiger partial charge is 0.336 e. The Balaban J connectivity index is 2.18. The highest BCUT2D eigenvalue weighted by molar-refractivity contribution is 6.30. The minimum Gasteiger partial charge on any atom is -0.336 e. The van der Waals surface area contributed by atoms with Crippen LogP contribution in [-0.4, -0.2) is 14.5 Å². The first-order chi connectivity index (χ1) is 10.6. The molecule has 0 amide bonds. The van der Waals surface area contributed by atoms with Gasteiger partial charge < -0.3 is 5.32 Å². The Kier molecular flexibility index (Phi) is 3.81. The average molecular weight is 315 g/mol. The van der Waals surface area contributed by atoms with Crippen LogP contribution < -0.4 is 10.9 Å². The number of rotatable bonds is 3. The molecule has 0 bridgehead atoms. The topological polar surface area (TPSA) is 59.8 Å². The van der Waals surface area contributed by atoms with Gasteiger partial charge in [0.25, 0.3) is 5.56 Å². The Morgan fingerprint density at radius 3 is 2.82 bits per heavy atom. The first-order valence-electron chi connectivity index (χ1n) is 6.95. The predicted octanol–water partition coefficient (Wildman–Crippen LogP) is 3.77. The lowest BCUT2D eigenvalue weighted by Crippen LogP contribution is -2.26. The molecule has 2 aromatic heterocycles. The van der Waals surface area contributed by atoms with Crippen molar-refractivity contribution >= 4 is 34.1 Å². The summed E-state index contributed by atoms with van der Waals surface area (Å²) in [6.07, 6.45) is 3.32. The number of anilines is 2. The van der Waals surface area contributed by atoms with Crippen LogP contribution >= 0.6 is 11.6 Å². The van der Waals surface area contributed by atoms with E-state index in [-0.39, 0.29) is 17.4 Å². The van der Waals surface area contributed by atoms with Gasteiger partial charge in [-0.25, -0.2) is 4.98 Å². The first kappa shape index (κ1) is 14.5. The van der Waals surface area contributed by atoms with Crippen molar-refractivity contribution in [3.05, 3.63) is 58.1 Å². The molecule has 2 heterocycles. The third-order valence-electron chi connectivity index (χ3n) is 3.29. The molecule has 0 aliphatic rings. The van der Waals surface area contributed by atoms with Crippen LogP contribution in [0.2, 0.25) is 5.02 Å². The number of benzene rings is 1. The Morgan fingerprint density at radius 1 is 1.27 bits per heavy atom. The Morgan fingerprint density at radius 2 is 2.09 bits per heavy atom. The van der Waals surface area contributed by atoms with Gasteiger partial charge in [-0.05, 0) is 38.1 Å². The van der Waals surface area contributed by atoms with Crippen molar-refractivity contribution in [2.24, 2.45) is 0 Å². The Bertz CT molecular complexity index is 889. The van der Waals surface area contributed by atoms with E-state index >= 15 is 0 Å². The molecule has 1 N–H and O–H groups in total. The highest BCUT2D eigenvalue weighted by Gasteiger charge is 2.13. The molecular weight excluding hydrogens is 300 g/mol. The molecule has 0 aliphatic carbocycles. The van der Waals surface area contributed by atoms with Crippen molar-refractivity contribution in [3.63, 3.8) is 0 Å². The van der Waals surface area contributed by atoms with Crippen LogP contribution in [0.3, 0.4) is 0 Å². The van der Waals surface area contributed by atoms with Gasteiger partial charge in [-0.3, -0.25) is 14.3 Å². The second-order valence-corrected chi connectivity index (χ2v) is 5.67. The van der Waals surface area contributed by atoms with E-state index in [1.54, 1.807) is 35.2 Å². The first-order valence-corrected chi connectivity index (χ1v) is 7.33. The van der Waals surface area contributed by atoms with E-state index in [0.29, 0.717) is 10.5 Å². The van der Waals surface area contributed by atoms with Gasteiger partial charge >= 0.3 is 0 Å². The lowest BCUT2D eigenvalue weighted by atomic mass is 10.3. The van der Waals surface area contributed by atoms with Crippen molar-refractivity contribution < 1.29 is 0 Å². The van der Waals surface area contributed by atoms with Crippen molar-refractivity contribution in [3.8, 4) is 0 Å². The Labute approximate surface area is 132 Å². The molecule has 112 valence electrons. The minimum atomic E-state index is -0.185. The van der Waals surface area contributed by atoms with Crippen LogP contribution in [0, 0.1) is 0 Å². The molecule has 1 aromatic carbocycles. The number of hydrogen-bond acceptors (Lipinski definition) is 4. The molecule has 0 unspecified atom stereocenters. The molecule has 0 saturated carbocycles. The molecule has 3 rings (SSSR count). The summed E-state index contributed by atoms with van der Waals surface area (Å²) in [4.78, 5) is 21.2. The highest BCUT2D eigenvalue weighted by atomic mass is 35.5. The second-order valence-electron chi connectivity index (χ2n) is 5.23. The van der Waals surface area contributed by atoms with E-state index in [1.807, 2.05) is 26.0 Å². The molecule has 3 aromatic rings. The fourth-order valence-corrected chi connectivity index (χ4v) is 2.54. The van der Waals surface area contributed by atoms with Gasteiger partial charge in [0, 0.05) is 22.9 Å². The van der Waals surface area contributed by atoms with Crippen LogP contribution in [0.5, 0.6) is 0 Å². The molecule has 0 aliphatic heterocycles. The number of aromatic nitrogens is 3. The van der Waals surface area contributed by atoms with Gasteiger partial charge in [0.1, 0.15) is 0 Å². The summed E-state index contributed by atoms with van der Waals surface area (Å²) in [7, 11) is 0. The van der Waals surface area contributed by atoms with E-state index in [2.05, 4.69) is 15.3 Å².